The van der Waals surface area contributed by atoms with Crippen LogP contribution in [0.1, 0.15) is 22.5 Å². The molecule has 1 aliphatic heterocycles. The van der Waals surface area contributed by atoms with Crippen molar-refractivity contribution in [2.45, 2.75) is 18.9 Å². The molecular formula is C13H19BrN2OS. The van der Waals surface area contributed by atoms with Crippen LogP contribution >= 0.6 is 27.3 Å². The quantitative estimate of drug-likeness (QED) is 0.793. The predicted molar refractivity (Wildman–Crippen MR) is 79.5 cm³/mol. The molecule has 0 aromatic carbocycles. The Labute approximate surface area is 121 Å². The van der Waals surface area contributed by atoms with Crippen LogP contribution in [-0.4, -0.2) is 55.4 Å². The molecule has 100 valence electrons. The summed E-state index contributed by atoms with van der Waals surface area (Å²) >= 11 is 4.92. The second-order valence-electron chi connectivity index (χ2n) is 5.02. The van der Waals surface area contributed by atoms with E-state index in [2.05, 4.69) is 39.8 Å². The molecular weight excluding hydrogens is 312 g/mol. The molecule has 0 aliphatic carbocycles. The van der Waals surface area contributed by atoms with E-state index >= 15 is 0 Å². The second kappa shape index (κ2) is 6.28. The van der Waals surface area contributed by atoms with Gasteiger partial charge in [-0.25, -0.2) is 0 Å². The average molecular weight is 331 g/mol. The molecule has 0 radical (unpaired) electrons. The van der Waals surface area contributed by atoms with E-state index in [1.807, 2.05) is 12.1 Å². The Morgan fingerprint density at radius 1 is 1.56 bits per heavy atom. The molecule has 5 heteroatoms. The maximum absolute atomic E-state index is 12.1. The Hall–Kier alpha value is -0.230. The molecule has 18 heavy (non-hydrogen) atoms. The van der Waals surface area contributed by atoms with E-state index in [1.165, 1.54) is 24.2 Å². The molecule has 0 N–H and O–H groups in total. The third kappa shape index (κ3) is 3.63. The number of hydrogen-bond acceptors (Lipinski definition) is 4. The first-order valence-electron chi connectivity index (χ1n) is 6.23. The highest BCUT2D eigenvalue weighted by atomic mass is 79.9. The summed E-state index contributed by atoms with van der Waals surface area (Å²) in [4.78, 5) is 17.5. The van der Waals surface area contributed by atoms with Crippen LogP contribution in [0.25, 0.3) is 0 Å². The Morgan fingerprint density at radius 2 is 2.33 bits per heavy atom. The van der Waals surface area contributed by atoms with Crippen LogP contribution in [0, 0.1) is 0 Å². The van der Waals surface area contributed by atoms with Crippen molar-refractivity contribution in [1.82, 2.24) is 9.80 Å². The summed E-state index contributed by atoms with van der Waals surface area (Å²) in [5.74, 6) is 0.241. The van der Waals surface area contributed by atoms with Gasteiger partial charge in [-0.3, -0.25) is 9.69 Å². The Kier molecular flexibility index (Phi) is 4.95. The molecule has 1 aromatic heterocycles. The number of rotatable bonds is 4. The van der Waals surface area contributed by atoms with Crippen molar-refractivity contribution in [3.05, 3.63) is 20.8 Å². The molecule has 1 unspecified atom stereocenters. The molecule has 0 saturated carbocycles. The van der Waals surface area contributed by atoms with Crippen molar-refractivity contribution in [1.29, 1.82) is 0 Å². The van der Waals surface area contributed by atoms with Gasteiger partial charge in [-0.05, 0) is 61.5 Å². The molecule has 1 atom stereocenters. The van der Waals surface area contributed by atoms with E-state index in [1.54, 1.807) is 0 Å². The van der Waals surface area contributed by atoms with Crippen LogP contribution in [0.5, 0.6) is 0 Å². The summed E-state index contributed by atoms with van der Waals surface area (Å²) in [7, 11) is 4.23. The van der Waals surface area contributed by atoms with Crippen LogP contribution in [-0.2, 0) is 0 Å². The number of likely N-dealkylation sites (N-methyl/N-ethyl adjacent to an activating group) is 1. The van der Waals surface area contributed by atoms with Crippen molar-refractivity contribution in [2.75, 3.05) is 33.7 Å². The summed E-state index contributed by atoms with van der Waals surface area (Å²) in [6.45, 7) is 2.60. The zero-order chi connectivity index (χ0) is 13.1. The van der Waals surface area contributed by atoms with E-state index in [-0.39, 0.29) is 5.78 Å². The Balaban J connectivity index is 1.91. The predicted octanol–water partition coefficient (Wildman–Crippen LogP) is 2.72. The number of piperidine rings is 1. The minimum Gasteiger partial charge on any atom is -0.305 e. The third-order valence-electron chi connectivity index (χ3n) is 3.43. The fourth-order valence-corrected chi connectivity index (χ4v) is 3.66. The highest BCUT2D eigenvalue weighted by Gasteiger charge is 2.23. The average Bonchev–Trinajstić information content (AvgIpc) is 2.76. The molecule has 2 rings (SSSR count). The first kappa shape index (κ1) is 14.2. The number of thiophene rings is 1. The lowest BCUT2D eigenvalue weighted by molar-refractivity contribution is 0.0856. The maximum atomic E-state index is 12.1. The monoisotopic (exact) mass is 330 g/mol. The normalized spacial score (nSPS) is 21.4. The summed E-state index contributed by atoms with van der Waals surface area (Å²) < 4.78 is 1.02. The van der Waals surface area contributed by atoms with Gasteiger partial charge < -0.3 is 4.90 Å². The molecule has 1 aromatic rings. The number of ketones is 1. The molecule has 1 fully saturated rings. The number of Topliss-reactive ketones (excluding diaryl/α,β-unsaturated/α-hetero) is 1. The van der Waals surface area contributed by atoms with E-state index in [9.17, 15) is 4.79 Å². The largest absolute Gasteiger partial charge is 0.305 e. The van der Waals surface area contributed by atoms with Crippen molar-refractivity contribution in [2.24, 2.45) is 0 Å². The van der Waals surface area contributed by atoms with Gasteiger partial charge in [-0.15, -0.1) is 11.3 Å². The fourth-order valence-electron chi connectivity index (χ4n) is 2.34. The van der Waals surface area contributed by atoms with Gasteiger partial charge in [0.25, 0.3) is 0 Å². The highest BCUT2D eigenvalue weighted by Crippen LogP contribution is 2.23. The van der Waals surface area contributed by atoms with Crippen molar-refractivity contribution in [3.8, 4) is 0 Å². The van der Waals surface area contributed by atoms with Gasteiger partial charge in [0.05, 0.1) is 15.2 Å². The smallest absolute Gasteiger partial charge is 0.186 e. The number of hydrogen-bond donors (Lipinski definition) is 0. The van der Waals surface area contributed by atoms with Crippen LogP contribution < -0.4 is 0 Å². The molecule has 0 bridgehead atoms. The first-order chi connectivity index (χ1) is 8.56. The van der Waals surface area contributed by atoms with Crippen molar-refractivity contribution < 1.29 is 4.79 Å². The van der Waals surface area contributed by atoms with Crippen LogP contribution in [0.15, 0.2) is 15.9 Å². The third-order valence-corrected chi connectivity index (χ3v) is 5.09. The van der Waals surface area contributed by atoms with E-state index in [4.69, 9.17) is 0 Å². The molecule has 3 nitrogen and oxygen atoms in total. The molecule has 0 spiro atoms. The second-order valence-corrected chi connectivity index (χ2v) is 7.48. The summed E-state index contributed by atoms with van der Waals surface area (Å²) in [6, 6.07) is 4.43. The zero-order valence-electron chi connectivity index (χ0n) is 10.9. The number of nitrogens with zero attached hydrogens (tertiary/aromatic N) is 2. The van der Waals surface area contributed by atoms with Crippen molar-refractivity contribution >= 4 is 33.0 Å². The fraction of sp³-hybridized carbons (Fsp3) is 0.615. The van der Waals surface area contributed by atoms with Gasteiger partial charge in [-0.1, -0.05) is 0 Å². The Morgan fingerprint density at radius 3 is 2.94 bits per heavy atom. The Bertz CT molecular complexity index is 419. The molecule has 1 aliphatic rings. The van der Waals surface area contributed by atoms with Gasteiger partial charge >= 0.3 is 0 Å². The summed E-state index contributed by atoms with van der Waals surface area (Å²) in [5, 5.41) is 0. The van der Waals surface area contributed by atoms with Gasteiger partial charge in [0.2, 0.25) is 0 Å². The minimum absolute atomic E-state index is 0.241. The molecule has 0 amide bonds. The lowest BCUT2D eigenvalue weighted by atomic mass is 10.0. The van der Waals surface area contributed by atoms with Crippen LogP contribution in [0.2, 0.25) is 0 Å². The lowest BCUT2D eigenvalue weighted by Crippen LogP contribution is -2.46. The molecule has 1 saturated heterocycles. The van der Waals surface area contributed by atoms with E-state index in [0.717, 1.165) is 21.8 Å². The highest BCUT2D eigenvalue weighted by molar-refractivity contribution is 9.11. The summed E-state index contributed by atoms with van der Waals surface area (Å²) in [5.41, 5.74) is 0. The SMILES string of the molecule is CN(C)C1CCCN(CC(=O)c2ccc(Br)s2)C1. The first-order valence-corrected chi connectivity index (χ1v) is 7.84. The minimum atomic E-state index is 0.241. The van der Waals surface area contributed by atoms with Crippen molar-refractivity contribution in [3.63, 3.8) is 0 Å². The van der Waals surface area contributed by atoms with Gasteiger partial charge in [0, 0.05) is 12.6 Å². The number of carbonyl (C=O) groups is 1. The number of halogens is 1. The van der Waals surface area contributed by atoms with Gasteiger partial charge in [-0.2, -0.15) is 0 Å². The molecule has 2 heterocycles. The lowest BCUT2D eigenvalue weighted by Gasteiger charge is -2.35. The maximum Gasteiger partial charge on any atom is 0.186 e. The van der Waals surface area contributed by atoms with Gasteiger partial charge in [0.1, 0.15) is 0 Å². The standard InChI is InChI=1S/C13H19BrN2OS/c1-15(2)10-4-3-7-16(8-10)9-11(17)12-5-6-13(14)18-12/h5-6,10H,3-4,7-9H2,1-2H3. The van der Waals surface area contributed by atoms with Gasteiger partial charge in [0.15, 0.2) is 5.78 Å². The topological polar surface area (TPSA) is 23.6 Å². The zero-order valence-corrected chi connectivity index (χ0v) is 13.3. The number of carbonyl (C=O) groups excluding carboxylic acids is 1. The van der Waals surface area contributed by atoms with E-state index < -0.39 is 0 Å². The summed E-state index contributed by atoms with van der Waals surface area (Å²) in [6.07, 6.45) is 2.42. The van der Waals surface area contributed by atoms with Crippen LogP contribution in [0.3, 0.4) is 0 Å². The van der Waals surface area contributed by atoms with E-state index in [0.29, 0.717) is 12.6 Å². The van der Waals surface area contributed by atoms with Crippen LogP contribution in [0.4, 0.5) is 0 Å². The number of likely N-dealkylation sites (tertiary alicyclic amines) is 1.